The van der Waals surface area contributed by atoms with Crippen LogP contribution in [0.4, 0.5) is 0 Å². The maximum atomic E-state index is 13.5. The van der Waals surface area contributed by atoms with E-state index in [-0.39, 0.29) is 18.4 Å². The maximum Gasteiger partial charge on any atom is 0.261 e. The third kappa shape index (κ3) is 6.70. The molecule has 0 saturated carbocycles. The summed E-state index contributed by atoms with van der Waals surface area (Å²) in [5.74, 6) is 0.618. The summed E-state index contributed by atoms with van der Waals surface area (Å²) in [6, 6.07) is 24.8. The summed E-state index contributed by atoms with van der Waals surface area (Å²) in [5.41, 5.74) is 4.27. The van der Waals surface area contributed by atoms with Crippen molar-refractivity contribution in [3.8, 4) is 5.75 Å². The normalized spacial score (nSPS) is 11.7. The number of hydrogen-bond donors (Lipinski definition) is 1. The Morgan fingerprint density at radius 3 is 2.18 bits per heavy atom. The molecule has 0 spiro atoms. The Morgan fingerprint density at radius 2 is 1.56 bits per heavy atom. The predicted octanol–water partition coefficient (Wildman–Crippen LogP) is 4.88. The Balaban J connectivity index is 1.85. The molecule has 0 aliphatic heterocycles. The van der Waals surface area contributed by atoms with Crippen molar-refractivity contribution in [2.75, 3.05) is 13.7 Å². The van der Waals surface area contributed by atoms with Crippen LogP contribution in [0.1, 0.15) is 42.0 Å². The van der Waals surface area contributed by atoms with Gasteiger partial charge >= 0.3 is 0 Å². The molecular formula is C29H34N2O3. The van der Waals surface area contributed by atoms with Gasteiger partial charge in [0, 0.05) is 20.0 Å². The molecule has 0 aromatic heterocycles. The molecule has 5 nitrogen and oxygen atoms in total. The third-order valence-electron chi connectivity index (χ3n) is 6.03. The Hall–Kier alpha value is -3.60. The van der Waals surface area contributed by atoms with Gasteiger partial charge in [-0.05, 0) is 47.2 Å². The highest BCUT2D eigenvalue weighted by Crippen LogP contribution is 2.20. The van der Waals surface area contributed by atoms with E-state index in [9.17, 15) is 9.59 Å². The van der Waals surface area contributed by atoms with Crippen molar-refractivity contribution in [2.24, 2.45) is 0 Å². The highest BCUT2D eigenvalue weighted by Gasteiger charge is 2.30. The number of nitrogens with one attached hydrogen (secondary N) is 1. The number of amides is 2. The fraction of sp³-hybridized carbons (Fsp3) is 0.310. The molecule has 5 heteroatoms. The number of nitrogens with zero attached hydrogens (tertiary/aromatic N) is 1. The average molecular weight is 459 g/mol. The summed E-state index contributed by atoms with van der Waals surface area (Å²) in [4.78, 5) is 28.1. The van der Waals surface area contributed by atoms with Crippen molar-refractivity contribution in [3.63, 3.8) is 0 Å². The van der Waals surface area contributed by atoms with Crippen LogP contribution in [0.3, 0.4) is 0 Å². The first-order valence-corrected chi connectivity index (χ1v) is 11.7. The van der Waals surface area contributed by atoms with E-state index in [1.54, 1.807) is 11.9 Å². The maximum absolute atomic E-state index is 13.5. The zero-order chi connectivity index (χ0) is 24.5. The summed E-state index contributed by atoms with van der Waals surface area (Å²) < 4.78 is 5.84. The largest absolute Gasteiger partial charge is 0.484 e. The Labute approximate surface area is 202 Å². The molecule has 0 aliphatic carbocycles. The Kier molecular flexibility index (Phi) is 8.86. The predicted molar refractivity (Wildman–Crippen MR) is 136 cm³/mol. The van der Waals surface area contributed by atoms with Crippen LogP contribution in [0.5, 0.6) is 5.75 Å². The van der Waals surface area contributed by atoms with Crippen LogP contribution in [0.15, 0.2) is 78.9 Å². The van der Waals surface area contributed by atoms with Gasteiger partial charge in [-0.15, -0.1) is 0 Å². The molecule has 0 radical (unpaired) electrons. The molecule has 3 aromatic rings. The molecule has 0 bridgehead atoms. The average Bonchev–Trinajstić information content (AvgIpc) is 2.86. The first-order chi connectivity index (χ1) is 16.4. The second-order valence-corrected chi connectivity index (χ2v) is 8.78. The minimum Gasteiger partial charge on any atom is -0.484 e. The fourth-order valence-electron chi connectivity index (χ4n) is 3.87. The number of ether oxygens (including phenoxy) is 1. The highest BCUT2D eigenvalue weighted by molar-refractivity contribution is 5.88. The van der Waals surface area contributed by atoms with Gasteiger partial charge in [0.1, 0.15) is 11.8 Å². The van der Waals surface area contributed by atoms with Crippen molar-refractivity contribution in [1.29, 1.82) is 0 Å². The molecule has 1 atom stereocenters. The fourth-order valence-corrected chi connectivity index (χ4v) is 3.87. The lowest BCUT2D eigenvalue weighted by molar-refractivity contribution is -0.142. The molecule has 34 heavy (non-hydrogen) atoms. The van der Waals surface area contributed by atoms with Gasteiger partial charge in [0.25, 0.3) is 5.91 Å². The number of carbonyl (C=O) groups excluding carboxylic acids is 2. The van der Waals surface area contributed by atoms with E-state index in [0.717, 1.165) is 16.7 Å². The number of carbonyl (C=O) groups is 2. The third-order valence-corrected chi connectivity index (χ3v) is 6.03. The quantitative estimate of drug-likeness (QED) is 0.471. The van der Waals surface area contributed by atoms with E-state index in [0.29, 0.717) is 24.6 Å². The SMILES string of the molecule is CNC(=O)[C@@H](Cc1ccccc1)N(Cc1ccccc1C)C(=O)COc1ccc(C(C)C)cc1. The second-order valence-electron chi connectivity index (χ2n) is 8.78. The van der Waals surface area contributed by atoms with E-state index in [2.05, 4.69) is 19.2 Å². The standard InChI is InChI=1S/C29H34N2O3/c1-21(2)24-14-16-26(17-15-24)34-20-28(32)31(19-25-13-9-8-10-22(25)3)27(29(33)30-4)18-23-11-6-5-7-12-23/h5-17,21,27H,18-20H2,1-4H3,(H,30,33)/t27-/m1/s1. The van der Waals surface area contributed by atoms with Crippen molar-refractivity contribution >= 4 is 11.8 Å². The lowest BCUT2D eigenvalue weighted by Gasteiger charge is -2.31. The van der Waals surface area contributed by atoms with Crippen LogP contribution in [0, 0.1) is 6.92 Å². The van der Waals surface area contributed by atoms with E-state index in [1.807, 2.05) is 85.8 Å². The molecule has 1 N–H and O–H groups in total. The van der Waals surface area contributed by atoms with Crippen LogP contribution >= 0.6 is 0 Å². The Bertz CT molecular complexity index is 1080. The molecule has 0 fully saturated rings. The zero-order valence-electron chi connectivity index (χ0n) is 20.5. The number of rotatable bonds is 10. The number of hydrogen-bond acceptors (Lipinski definition) is 3. The summed E-state index contributed by atoms with van der Waals surface area (Å²) in [5, 5.41) is 2.74. The molecule has 0 saturated heterocycles. The summed E-state index contributed by atoms with van der Waals surface area (Å²) in [6.45, 7) is 6.46. The number of aryl methyl sites for hydroxylation is 1. The van der Waals surface area contributed by atoms with Crippen LogP contribution in [0.2, 0.25) is 0 Å². The van der Waals surface area contributed by atoms with Gasteiger partial charge in [-0.3, -0.25) is 9.59 Å². The van der Waals surface area contributed by atoms with Gasteiger partial charge in [0.15, 0.2) is 6.61 Å². The van der Waals surface area contributed by atoms with Gasteiger partial charge in [0.2, 0.25) is 5.91 Å². The summed E-state index contributed by atoms with van der Waals surface area (Å²) >= 11 is 0. The topological polar surface area (TPSA) is 58.6 Å². The van der Waals surface area contributed by atoms with Crippen molar-refractivity contribution in [1.82, 2.24) is 10.2 Å². The van der Waals surface area contributed by atoms with Crippen molar-refractivity contribution in [2.45, 2.75) is 45.7 Å². The molecule has 0 heterocycles. The van der Waals surface area contributed by atoms with E-state index in [4.69, 9.17) is 4.74 Å². The van der Waals surface area contributed by atoms with Gasteiger partial charge in [-0.2, -0.15) is 0 Å². The van der Waals surface area contributed by atoms with Gasteiger partial charge in [-0.25, -0.2) is 0 Å². The van der Waals surface area contributed by atoms with Crippen molar-refractivity contribution < 1.29 is 14.3 Å². The van der Waals surface area contributed by atoms with Gasteiger partial charge < -0.3 is 15.0 Å². The van der Waals surface area contributed by atoms with Crippen LogP contribution in [-0.2, 0) is 22.6 Å². The minimum absolute atomic E-state index is 0.144. The minimum atomic E-state index is -0.661. The van der Waals surface area contributed by atoms with Crippen LogP contribution < -0.4 is 10.1 Å². The van der Waals surface area contributed by atoms with E-state index < -0.39 is 6.04 Å². The highest BCUT2D eigenvalue weighted by atomic mass is 16.5. The number of likely N-dealkylation sites (N-methyl/N-ethyl adjacent to an activating group) is 1. The van der Waals surface area contributed by atoms with E-state index >= 15 is 0 Å². The summed E-state index contributed by atoms with van der Waals surface area (Å²) in [6.07, 6.45) is 0.418. The molecular weight excluding hydrogens is 424 g/mol. The van der Waals surface area contributed by atoms with Gasteiger partial charge in [0.05, 0.1) is 0 Å². The van der Waals surface area contributed by atoms with Crippen LogP contribution in [0.25, 0.3) is 0 Å². The molecule has 178 valence electrons. The Morgan fingerprint density at radius 1 is 0.912 bits per heavy atom. The van der Waals surface area contributed by atoms with Crippen LogP contribution in [-0.4, -0.2) is 36.4 Å². The molecule has 2 amide bonds. The smallest absolute Gasteiger partial charge is 0.261 e. The first kappa shape index (κ1) is 25.0. The lowest BCUT2D eigenvalue weighted by Crippen LogP contribution is -2.51. The monoisotopic (exact) mass is 458 g/mol. The zero-order valence-corrected chi connectivity index (χ0v) is 20.5. The van der Waals surface area contributed by atoms with Gasteiger partial charge in [-0.1, -0.05) is 80.6 Å². The second kappa shape index (κ2) is 12.0. The number of benzene rings is 3. The lowest BCUT2D eigenvalue weighted by atomic mass is 10.0. The van der Waals surface area contributed by atoms with E-state index in [1.165, 1.54) is 5.56 Å². The molecule has 0 unspecified atom stereocenters. The molecule has 0 aliphatic rings. The van der Waals surface area contributed by atoms with Crippen molar-refractivity contribution in [3.05, 3.63) is 101 Å². The first-order valence-electron chi connectivity index (χ1n) is 11.7. The molecule has 3 aromatic carbocycles. The molecule has 3 rings (SSSR count). The summed E-state index contributed by atoms with van der Waals surface area (Å²) in [7, 11) is 1.60.